The lowest BCUT2D eigenvalue weighted by Crippen LogP contribution is -2.29. The standard InChI is InChI=1S/C28H23ClN2O4/c1-15-8-11-23(35-3)19(12-15)26(32)24-25(20-14-30-22-7-5-4-6-18(20)22)31(28(34)27(24)33)17-10-9-16(2)21(29)13-17/h4-14,25,30,32H,1-3H3/b26-24+. The Hall–Kier alpha value is -4.03. The molecule has 0 bridgehead atoms. The van der Waals surface area contributed by atoms with E-state index in [-0.39, 0.29) is 11.3 Å². The van der Waals surface area contributed by atoms with E-state index in [9.17, 15) is 14.7 Å². The number of para-hydroxylation sites is 1. The first-order valence-corrected chi connectivity index (χ1v) is 11.5. The summed E-state index contributed by atoms with van der Waals surface area (Å²) < 4.78 is 5.45. The number of halogens is 1. The fourth-order valence-corrected chi connectivity index (χ4v) is 4.77. The van der Waals surface area contributed by atoms with Crippen LogP contribution in [0.1, 0.15) is 28.3 Å². The van der Waals surface area contributed by atoms with E-state index in [1.54, 1.807) is 36.5 Å². The number of aryl methyl sites for hydroxylation is 2. The second kappa shape index (κ2) is 8.64. The lowest BCUT2D eigenvalue weighted by Gasteiger charge is -2.25. The number of benzene rings is 3. The van der Waals surface area contributed by atoms with Crippen molar-refractivity contribution < 1.29 is 19.4 Å². The van der Waals surface area contributed by atoms with E-state index in [0.717, 1.165) is 22.0 Å². The Labute approximate surface area is 207 Å². The van der Waals surface area contributed by atoms with Gasteiger partial charge in [0, 0.05) is 33.4 Å². The summed E-state index contributed by atoms with van der Waals surface area (Å²) in [6.45, 7) is 3.74. The van der Waals surface area contributed by atoms with Gasteiger partial charge in [0.25, 0.3) is 11.7 Å². The summed E-state index contributed by atoms with van der Waals surface area (Å²) in [7, 11) is 1.49. The van der Waals surface area contributed by atoms with E-state index in [0.29, 0.717) is 27.6 Å². The van der Waals surface area contributed by atoms with Gasteiger partial charge in [0.2, 0.25) is 0 Å². The van der Waals surface area contributed by atoms with Crippen LogP contribution in [0.5, 0.6) is 5.75 Å². The highest BCUT2D eigenvalue weighted by Crippen LogP contribution is 2.45. The number of methoxy groups -OCH3 is 1. The molecule has 2 N–H and O–H groups in total. The molecule has 1 atom stereocenters. The van der Waals surface area contributed by atoms with Gasteiger partial charge in [0.15, 0.2) is 0 Å². The van der Waals surface area contributed by atoms with Gasteiger partial charge < -0.3 is 14.8 Å². The van der Waals surface area contributed by atoms with Crippen molar-refractivity contribution in [3.05, 3.63) is 99.7 Å². The highest BCUT2D eigenvalue weighted by Gasteiger charge is 2.48. The zero-order valence-corrected chi connectivity index (χ0v) is 20.2. The van der Waals surface area contributed by atoms with Gasteiger partial charge in [-0.3, -0.25) is 14.5 Å². The van der Waals surface area contributed by atoms with Gasteiger partial charge >= 0.3 is 0 Å². The van der Waals surface area contributed by atoms with Crippen molar-refractivity contribution >= 4 is 45.6 Å². The maximum atomic E-state index is 13.5. The third-order valence-corrected chi connectivity index (χ3v) is 6.81. The van der Waals surface area contributed by atoms with Gasteiger partial charge in [-0.25, -0.2) is 0 Å². The van der Waals surface area contributed by atoms with Crippen LogP contribution < -0.4 is 9.64 Å². The quantitative estimate of drug-likeness (QED) is 0.208. The summed E-state index contributed by atoms with van der Waals surface area (Å²) in [5.74, 6) is -1.42. The summed E-state index contributed by atoms with van der Waals surface area (Å²) in [4.78, 5) is 31.6. The molecular formula is C28H23ClN2O4. The highest BCUT2D eigenvalue weighted by atomic mass is 35.5. The number of nitrogens with zero attached hydrogens (tertiary/aromatic N) is 1. The first-order chi connectivity index (χ1) is 16.8. The summed E-state index contributed by atoms with van der Waals surface area (Å²) in [5.41, 5.74) is 4.05. The minimum Gasteiger partial charge on any atom is -0.507 e. The number of aliphatic hydroxyl groups is 1. The maximum Gasteiger partial charge on any atom is 0.300 e. The van der Waals surface area contributed by atoms with Crippen LogP contribution in [0, 0.1) is 13.8 Å². The zero-order chi connectivity index (χ0) is 24.9. The predicted molar refractivity (Wildman–Crippen MR) is 137 cm³/mol. The van der Waals surface area contributed by atoms with Gasteiger partial charge in [-0.15, -0.1) is 0 Å². The number of H-pyrrole nitrogens is 1. The molecule has 1 aliphatic rings. The number of aromatic amines is 1. The van der Waals surface area contributed by atoms with Crippen molar-refractivity contribution in [1.29, 1.82) is 0 Å². The van der Waals surface area contributed by atoms with Crippen molar-refractivity contribution in [2.24, 2.45) is 0 Å². The van der Waals surface area contributed by atoms with Crippen LogP contribution in [0.4, 0.5) is 5.69 Å². The molecule has 35 heavy (non-hydrogen) atoms. The number of fused-ring (bicyclic) bond motifs is 1. The fourth-order valence-electron chi connectivity index (χ4n) is 4.60. The van der Waals surface area contributed by atoms with Crippen LogP contribution in [-0.2, 0) is 9.59 Å². The van der Waals surface area contributed by atoms with Crippen LogP contribution in [0.2, 0.25) is 5.02 Å². The number of anilines is 1. The van der Waals surface area contributed by atoms with Crippen LogP contribution in [0.3, 0.4) is 0 Å². The molecule has 5 rings (SSSR count). The van der Waals surface area contributed by atoms with Crippen LogP contribution >= 0.6 is 11.6 Å². The number of carbonyl (C=O) groups excluding carboxylic acids is 2. The van der Waals surface area contributed by atoms with Gasteiger partial charge in [-0.05, 0) is 49.7 Å². The third kappa shape index (κ3) is 3.67. The summed E-state index contributed by atoms with van der Waals surface area (Å²) in [6.07, 6.45) is 1.77. The van der Waals surface area contributed by atoms with E-state index >= 15 is 0 Å². The number of Topliss-reactive ketones (excluding diaryl/α,β-unsaturated/α-hetero) is 1. The van der Waals surface area contributed by atoms with E-state index < -0.39 is 17.7 Å². The Bertz CT molecular complexity index is 1540. The summed E-state index contributed by atoms with van der Waals surface area (Å²) >= 11 is 6.39. The normalized spacial score (nSPS) is 17.4. The Kier molecular flexibility index (Phi) is 5.61. The van der Waals surface area contributed by atoms with Gasteiger partial charge in [0.1, 0.15) is 11.5 Å². The number of carbonyl (C=O) groups is 2. The van der Waals surface area contributed by atoms with Crippen LogP contribution in [-0.4, -0.2) is 28.9 Å². The number of aromatic nitrogens is 1. The Morgan fingerprint density at radius 1 is 1.06 bits per heavy atom. The van der Waals surface area contributed by atoms with Crippen molar-refractivity contribution in [2.75, 3.05) is 12.0 Å². The first kappa shape index (κ1) is 22.7. The molecule has 1 aliphatic heterocycles. The smallest absolute Gasteiger partial charge is 0.300 e. The molecule has 2 heterocycles. The number of hydrogen-bond donors (Lipinski definition) is 2. The number of amides is 1. The molecule has 3 aromatic carbocycles. The van der Waals surface area contributed by atoms with E-state index in [1.807, 2.05) is 44.2 Å². The number of ketones is 1. The molecule has 1 unspecified atom stereocenters. The summed E-state index contributed by atoms with van der Waals surface area (Å²) in [6, 6.07) is 17.3. The zero-order valence-electron chi connectivity index (χ0n) is 19.4. The molecule has 0 radical (unpaired) electrons. The molecule has 0 aliphatic carbocycles. The van der Waals surface area contributed by atoms with Crippen molar-refractivity contribution in [3.8, 4) is 5.75 Å². The van der Waals surface area contributed by atoms with Gasteiger partial charge in [-0.2, -0.15) is 0 Å². The molecule has 176 valence electrons. The number of rotatable bonds is 4. The molecule has 1 fully saturated rings. The molecule has 0 saturated carbocycles. The molecule has 0 spiro atoms. The van der Waals surface area contributed by atoms with Crippen molar-refractivity contribution in [2.45, 2.75) is 19.9 Å². The monoisotopic (exact) mass is 486 g/mol. The molecule has 6 nitrogen and oxygen atoms in total. The van der Waals surface area contributed by atoms with E-state index in [1.165, 1.54) is 12.0 Å². The third-order valence-electron chi connectivity index (χ3n) is 6.40. The molecule has 1 saturated heterocycles. The van der Waals surface area contributed by atoms with Gasteiger partial charge in [-0.1, -0.05) is 47.5 Å². The minimum atomic E-state index is -0.879. The fraction of sp³-hybridized carbons (Fsp3) is 0.143. The minimum absolute atomic E-state index is 0.0136. The maximum absolute atomic E-state index is 13.5. The summed E-state index contributed by atoms with van der Waals surface area (Å²) in [5, 5.41) is 12.8. The van der Waals surface area contributed by atoms with Crippen LogP contribution in [0.25, 0.3) is 16.7 Å². The molecule has 7 heteroatoms. The Morgan fingerprint density at radius 2 is 1.83 bits per heavy atom. The number of hydrogen-bond acceptors (Lipinski definition) is 4. The average molecular weight is 487 g/mol. The molecule has 4 aromatic rings. The highest BCUT2D eigenvalue weighted by molar-refractivity contribution is 6.52. The van der Waals surface area contributed by atoms with E-state index in [4.69, 9.17) is 16.3 Å². The first-order valence-electron chi connectivity index (χ1n) is 11.1. The number of aliphatic hydroxyl groups excluding tert-OH is 1. The lowest BCUT2D eigenvalue weighted by molar-refractivity contribution is -0.132. The van der Waals surface area contributed by atoms with Crippen LogP contribution in [0.15, 0.2) is 72.4 Å². The predicted octanol–water partition coefficient (Wildman–Crippen LogP) is 6.07. The lowest BCUT2D eigenvalue weighted by atomic mass is 9.94. The van der Waals surface area contributed by atoms with E-state index in [2.05, 4.69) is 4.98 Å². The topological polar surface area (TPSA) is 82.6 Å². The SMILES string of the molecule is COc1ccc(C)cc1/C(O)=C1\C(=O)C(=O)N(c2ccc(C)c(Cl)c2)C1c1c[nH]c2ccccc12. The van der Waals surface area contributed by atoms with Crippen molar-refractivity contribution in [3.63, 3.8) is 0 Å². The number of ether oxygens (including phenoxy) is 1. The number of nitrogens with one attached hydrogen (secondary N) is 1. The van der Waals surface area contributed by atoms with Crippen molar-refractivity contribution in [1.82, 2.24) is 4.98 Å². The second-order valence-electron chi connectivity index (χ2n) is 8.60. The Morgan fingerprint density at radius 3 is 2.57 bits per heavy atom. The molecular weight excluding hydrogens is 464 g/mol. The largest absolute Gasteiger partial charge is 0.507 e. The Balaban J connectivity index is 1.81. The average Bonchev–Trinajstić information content (AvgIpc) is 3.39. The molecule has 1 amide bonds. The molecule has 1 aromatic heterocycles. The van der Waals surface area contributed by atoms with Gasteiger partial charge in [0.05, 0.1) is 24.3 Å². The second-order valence-corrected chi connectivity index (χ2v) is 9.00.